The predicted octanol–water partition coefficient (Wildman–Crippen LogP) is 3.39. The molecule has 6 heteroatoms. The molecule has 1 aromatic carbocycles. The first-order chi connectivity index (χ1) is 11.6. The van der Waals surface area contributed by atoms with Crippen LogP contribution in [-0.4, -0.2) is 34.0 Å². The lowest BCUT2D eigenvalue weighted by atomic mass is 9.94. The standard InChI is InChI=1S/C18H24N4O2/c1-13-20-17(24-21-13)12-19-16-11-7-6-10-15(16)18(23)22(2)14-8-4-3-5-9-14/h6-7,10-11,14,19H,3-5,8-9,12H2,1-2H3. The van der Waals surface area contributed by atoms with Crippen molar-refractivity contribution in [1.29, 1.82) is 0 Å². The number of rotatable bonds is 5. The average Bonchev–Trinajstić information content (AvgIpc) is 3.05. The Morgan fingerprint density at radius 2 is 2.04 bits per heavy atom. The van der Waals surface area contributed by atoms with E-state index in [9.17, 15) is 4.79 Å². The number of carbonyl (C=O) groups is 1. The molecule has 1 aliphatic carbocycles. The molecule has 0 spiro atoms. The molecule has 2 aromatic rings. The third kappa shape index (κ3) is 3.75. The lowest BCUT2D eigenvalue weighted by Gasteiger charge is -2.31. The van der Waals surface area contributed by atoms with Gasteiger partial charge in [-0.2, -0.15) is 4.98 Å². The Balaban J connectivity index is 1.71. The van der Waals surface area contributed by atoms with Gasteiger partial charge in [0.15, 0.2) is 5.82 Å². The molecule has 1 heterocycles. The second-order valence-electron chi connectivity index (χ2n) is 6.34. The van der Waals surface area contributed by atoms with Gasteiger partial charge in [0.05, 0.1) is 12.1 Å². The summed E-state index contributed by atoms with van der Waals surface area (Å²) in [5.41, 5.74) is 1.47. The summed E-state index contributed by atoms with van der Waals surface area (Å²) in [5, 5.41) is 7.01. The first kappa shape index (κ1) is 16.5. The van der Waals surface area contributed by atoms with Crippen molar-refractivity contribution in [2.75, 3.05) is 12.4 Å². The molecular formula is C18H24N4O2. The van der Waals surface area contributed by atoms with Gasteiger partial charge in [0.2, 0.25) is 5.89 Å². The molecule has 0 aliphatic heterocycles. The maximum Gasteiger partial charge on any atom is 0.255 e. The molecule has 1 aliphatic rings. The van der Waals surface area contributed by atoms with Crippen LogP contribution in [0.15, 0.2) is 28.8 Å². The van der Waals surface area contributed by atoms with E-state index in [0.717, 1.165) is 18.5 Å². The summed E-state index contributed by atoms with van der Waals surface area (Å²) in [6.07, 6.45) is 5.88. The van der Waals surface area contributed by atoms with Gasteiger partial charge < -0.3 is 14.7 Å². The number of nitrogens with zero attached hydrogens (tertiary/aromatic N) is 3. The third-order valence-electron chi connectivity index (χ3n) is 4.60. The van der Waals surface area contributed by atoms with Crippen molar-refractivity contribution in [3.05, 3.63) is 41.5 Å². The van der Waals surface area contributed by atoms with Gasteiger partial charge in [-0.05, 0) is 31.9 Å². The van der Waals surface area contributed by atoms with E-state index >= 15 is 0 Å². The number of aryl methyl sites for hydroxylation is 1. The van der Waals surface area contributed by atoms with Crippen LogP contribution in [0.2, 0.25) is 0 Å². The second-order valence-corrected chi connectivity index (χ2v) is 6.34. The van der Waals surface area contributed by atoms with Crippen LogP contribution in [0.1, 0.15) is 54.2 Å². The lowest BCUT2D eigenvalue weighted by Crippen LogP contribution is -2.38. The highest BCUT2D eigenvalue weighted by Crippen LogP contribution is 2.25. The minimum absolute atomic E-state index is 0.0618. The fourth-order valence-electron chi connectivity index (χ4n) is 3.23. The van der Waals surface area contributed by atoms with Crippen molar-refractivity contribution in [2.24, 2.45) is 0 Å². The van der Waals surface area contributed by atoms with Gasteiger partial charge in [0.1, 0.15) is 0 Å². The zero-order valence-electron chi connectivity index (χ0n) is 14.3. The highest BCUT2D eigenvalue weighted by Gasteiger charge is 2.24. The molecule has 0 atom stereocenters. The highest BCUT2D eigenvalue weighted by atomic mass is 16.5. The molecule has 1 N–H and O–H groups in total. The van der Waals surface area contributed by atoms with Crippen molar-refractivity contribution in [2.45, 2.75) is 51.6 Å². The topological polar surface area (TPSA) is 71.3 Å². The van der Waals surface area contributed by atoms with E-state index in [2.05, 4.69) is 15.5 Å². The van der Waals surface area contributed by atoms with E-state index in [1.54, 1.807) is 6.92 Å². The van der Waals surface area contributed by atoms with E-state index < -0.39 is 0 Å². The number of anilines is 1. The van der Waals surface area contributed by atoms with Crippen LogP contribution in [0.25, 0.3) is 0 Å². The summed E-state index contributed by atoms with van der Waals surface area (Å²) in [4.78, 5) is 19.0. The molecule has 6 nitrogen and oxygen atoms in total. The Bertz CT molecular complexity index is 692. The second kappa shape index (κ2) is 7.47. The molecule has 128 valence electrons. The molecule has 3 rings (SSSR count). The summed E-state index contributed by atoms with van der Waals surface area (Å²) >= 11 is 0. The Morgan fingerprint density at radius 1 is 1.29 bits per heavy atom. The Hall–Kier alpha value is -2.37. The average molecular weight is 328 g/mol. The van der Waals surface area contributed by atoms with Crippen LogP contribution in [0, 0.1) is 6.92 Å². The monoisotopic (exact) mass is 328 g/mol. The number of amides is 1. The van der Waals surface area contributed by atoms with Crippen LogP contribution in [0.4, 0.5) is 5.69 Å². The van der Waals surface area contributed by atoms with Gasteiger partial charge in [-0.15, -0.1) is 0 Å². The molecule has 24 heavy (non-hydrogen) atoms. The number of para-hydroxylation sites is 1. The van der Waals surface area contributed by atoms with Crippen molar-refractivity contribution in [1.82, 2.24) is 15.0 Å². The summed E-state index contributed by atoms with van der Waals surface area (Å²) in [6.45, 7) is 2.18. The number of aromatic nitrogens is 2. The molecule has 1 aromatic heterocycles. The van der Waals surface area contributed by atoms with Crippen molar-refractivity contribution < 1.29 is 9.32 Å². The fraction of sp³-hybridized carbons (Fsp3) is 0.500. The summed E-state index contributed by atoms with van der Waals surface area (Å²) in [5.74, 6) is 1.18. The minimum Gasteiger partial charge on any atom is -0.375 e. The molecule has 1 amide bonds. The number of hydrogen-bond donors (Lipinski definition) is 1. The quantitative estimate of drug-likeness (QED) is 0.911. The minimum atomic E-state index is 0.0618. The van der Waals surface area contributed by atoms with Gasteiger partial charge in [0.25, 0.3) is 5.91 Å². The number of hydrogen-bond acceptors (Lipinski definition) is 5. The maximum atomic E-state index is 12.9. The van der Waals surface area contributed by atoms with E-state index in [1.807, 2.05) is 36.2 Å². The highest BCUT2D eigenvalue weighted by molar-refractivity contribution is 5.99. The normalized spacial score (nSPS) is 15.2. The van der Waals surface area contributed by atoms with Crippen LogP contribution in [0.5, 0.6) is 0 Å². The number of benzene rings is 1. The van der Waals surface area contributed by atoms with Crippen molar-refractivity contribution >= 4 is 11.6 Å². The van der Waals surface area contributed by atoms with Crippen LogP contribution < -0.4 is 5.32 Å². The van der Waals surface area contributed by atoms with Crippen LogP contribution >= 0.6 is 0 Å². The smallest absolute Gasteiger partial charge is 0.255 e. The zero-order valence-corrected chi connectivity index (χ0v) is 14.3. The van der Waals surface area contributed by atoms with Gasteiger partial charge in [-0.3, -0.25) is 4.79 Å². The zero-order chi connectivity index (χ0) is 16.9. The predicted molar refractivity (Wildman–Crippen MR) is 91.8 cm³/mol. The van der Waals surface area contributed by atoms with Gasteiger partial charge in [0, 0.05) is 18.8 Å². The summed E-state index contributed by atoms with van der Waals surface area (Å²) in [6, 6.07) is 7.93. The van der Waals surface area contributed by atoms with Gasteiger partial charge in [-0.25, -0.2) is 0 Å². The largest absolute Gasteiger partial charge is 0.375 e. The summed E-state index contributed by atoms with van der Waals surface area (Å²) < 4.78 is 5.11. The molecule has 0 saturated heterocycles. The van der Waals surface area contributed by atoms with Crippen LogP contribution in [-0.2, 0) is 6.54 Å². The molecule has 0 bridgehead atoms. The Morgan fingerprint density at radius 3 is 2.75 bits per heavy atom. The Kier molecular flexibility index (Phi) is 5.13. The molecule has 1 saturated carbocycles. The van der Waals surface area contributed by atoms with E-state index in [4.69, 9.17) is 4.52 Å². The van der Waals surface area contributed by atoms with Crippen molar-refractivity contribution in [3.63, 3.8) is 0 Å². The van der Waals surface area contributed by atoms with E-state index in [-0.39, 0.29) is 5.91 Å². The molecule has 0 unspecified atom stereocenters. The van der Waals surface area contributed by atoms with Gasteiger partial charge >= 0.3 is 0 Å². The molecule has 1 fully saturated rings. The van der Waals surface area contributed by atoms with Gasteiger partial charge in [-0.1, -0.05) is 36.6 Å². The van der Waals surface area contributed by atoms with Crippen LogP contribution in [0.3, 0.4) is 0 Å². The first-order valence-electron chi connectivity index (χ1n) is 8.54. The van der Waals surface area contributed by atoms with E-state index in [1.165, 1.54) is 19.3 Å². The van der Waals surface area contributed by atoms with E-state index in [0.29, 0.717) is 29.9 Å². The van der Waals surface area contributed by atoms with Crippen molar-refractivity contribution in [3.8, 4) is 0 Å². The third-order valence-corrected chi connectivity index (χ3v) is 4.60. The lowest BCUT2D eigenvalue weighted by molar-refractivity contribution is 0.0697. The molecular weight excluding hydrogens is 304 g/mol. The fourth-order valence-corrected chi connectivity index (χ4v) is 3.23. The first-order valence-corrected chi connectivity index (χ1v) is 8.54. The Labute approximate surface area is 142 Å². The molecule has 0 radical (unpaired) electrons. The summed E-state index contributed by atoms with van der Waals surface area (Å²) in [7, 11) is 1.91. The number of nitrogens with one attached hydrogen (secondary N) is 1. The SMILES string of the molecule is Cc1noc(CNc2ccccc2C(=O)N(C)C2CCCCC2)n1. The maximum absolute atomic E-state index is 12.9. The number of carbonyl (C=O) groups excluding carboxylic acids is 1.